The van der Waals surface area contributed by atoms with Crippen LogP contribution in [0.3, 0.4) is 0 Å². The van der Waals surface area contributed by atoms with Crippen molar-refractivity contribution in [2.75, 3.05) is 19.0 Å². The molecular weight excluding hydrogens is 350 g/mol. The van der Waals surface area contributed by atoms with E-state index in [0.29, 0.717) is 11.3 Å². The smallest absolute Gasteiger partial charge is 0.255 e. The summed E-state index contributed by atoms with van der Waals surface area (Å²) in [5.41, 5.74) is 5.02. The Kier molecular flexibility index (Phi) is 5.35. The number of benzene rings is 2. The molecule has 1 N–H and O–H groups in total. The summed E-state index contributed by atoms with van der Waals surface area (Å²) in [5, 5.41) is 3.03. The number of nitrogens with zero attached hydrogens (tertiary/aromatic N) is 2. The predicted molar refractivity (Wildman–Crippen MR) is 109 cm³/mol. The SMILES string of the molecule is COc1cccc(C(=O)Nc2cncc3c2CCN(Cc2ccccc2)C3)c1. The maximum Gasteiger partial charge on any atom is 0.255 e. The number of aromatic nitrogens is 1. The van der Waals surface area contributed by atoms with E-state index >= 15 is 0 Å². The Labute approximate surface area is 165 Å². The van der Waals surface area contributed by atoms with Crippen molar-refractivity contribution in [3.05, 3.63) is 89.2 Å². The van der Waals surface area contributed by atoms with Gasteiger partial charge < -0.3 is 10.1 Å². The molecule has 0 spiro atoms. The normalized spacial score (nSPS) is 13.6. The van der Waals surface area contributed by atoms with Gasteiger partial charge >= 0.3 is 0 Å². The van der Waals surface area contributed by atoms with Crippen LogP contribution in [0.15, 0.2) is 67.0 Å². The molecule has 0 bridgehead atoms. The first-order valence-corrected chi connectivity index (χ1v) is 9.40. The number of hydrogen-bond acceptors (Lipinski definition) is 4. The molecule has 0 saturated heterocycles. The maximum atomic E-state index is 12.7. The zero-order valence-electron chi connectivity index (χ0n) is 15.9. The van der Waals surface area contributed by atoms with Crippen LogP contribution in [0.2, 0.25) is 0 Å². The molecule has 0 saturated carbocycles. The molecule has 1 aliphatic rings. The second kappa shape index (κ2) is 8.23. The van der Waals surface area contributed by atoms with Crippen molar-refractivity contribution in [1.82, 2.24) is 9.88 Å². The summed E-state index contributed by atoms with van der Waals surface area (Å²) in [6, 6.07) is 17.6. The summed E-state index contributed by atoms with van der Waals surface area (Å²) in [6.45, 7) is 2.70. The van der Waals surface area contributed by atoms with Crippen LogP contribution >= 0.6 is 0 Å². The third kappa shape index (κ3) is 4.05. The number of pyridine rings is 1. The van der Waals surface area contributed by atoms with E-state index in [4.69, 9.17) is 4.74 Å². The first-order chi connectivity index (χ1) is 13.7. The molecule has 2 aromatic carbocycles. The van der Waals surface area contributed by atoms with Gasteiger partial charge in [-0.15, -0.1) is 0 Å². The van der Waals surface area contributed by atoms with Gasteiger partial charge in [0.05, 0.1) is 19.0 Å². The highest BCUT2D eigenvalue weighted by Crippen LogP contribution is 2.26. The van der Waals surface area contributed by atoms with E-state index < -0.39 is 0 Å². The number of methoxy groups -OCH3 is 1. The molecule has 1 aliphatic heterocycles. The molecule has 1 amide bonds. The number of fused-ring (bicyclic) bond motifs is 1. The van der Waals surface area contributed by atoms with Gasteiger partial charge in [-0.1, -0.05) is 36.4 Å². The van der Waals surface area contributed by atoms with Crippen LogP contribution in [-0.4, -0.2) is 29.4 Å². The molecular formula is C23H23N3O2. The summed E-state index contributed by atoms with van der Waals surface area (Å²) in [5.74, 6) is 0.512. The molecule has 0 fully saturated rings. The zero-order chi connectivity index (χ0) is 19.3. The number of nitrogens with one attached hydrogen (secondary N) is 1. The van der Waals surface area contributed by atoms with Gasteiger partial charge in [-0.2, -0.15) is 0 Å². The minimum Gasteiger partial charge on any atom is -0.497 e. The van der Waals surface area contributed by atoms with E-state index in [-0.39, 0.29) is 5.91 Å². The lowest BCUT2D eigenvalue weighted by atomic mass is 9.99. The molecule has 2 heterocycles. The van der Waals surface area contributed by atoms with Crippen LogP contribution in [0, 0.1) is 0 Å². The molecule has 5 nitrogen and oxygen atoms in total. The average Bonchev–Trinajstić information content (AvgIpc) is 2.74. The van der Waals surface area contributed by atoms with Crippen LogP contribution < -0.4 is 10.1 Å². The molecule has 3 aromatic rings. The van der Waals surface area contributed by atoms with Gasteiger partial charge in [-0.25, -0.2) is 0 Å². The minimum atomic E-state index is -0.152. The third-order valence-electron chi connectivity index (χ3n) is 5.05. The number of amides is 1. The molecule has 0 unspecified atom stereocenters. The maximum absolute atomic E-state index is 12.7. The van der Waals surface area contributed by atoms with E-state index in [2.05, 4.69) is 39.5 Å². The molecule has 0 radical (unpaired) electrons. The summed E-state index contributed by atoms with van der Waals surface area (Å²) in [7, 11) is 1.59. The quantitative estimate of drug-likeness (QED) is 0.737. The summed E-state index contributed by atoms with van der Waals surface area (Å²) >= 11 is 0. The van der Waals surface area contributed by atoms with Gasteiger partial charge in [0.25, 0.3) is 5.91 Å². The van der Waals surface area contributed by atoms with E-state index in [1.165, 1.54) is 16.7 Å². The molecule has 0 aliphatic carbocycles. The monoisotopic (exact) mass is 373 g/mol. The van der Waals surface area contributed by atoms with Gasteiger partial charge in [-0.3, -0.25) is 14.7 Å². The lowest BCUT2D eigenvalue weighted by Gasteiger charge is -2.29. The predicted octanol–water partition coefficient (Wildman–Crippen LogP) is 3.90. The fourth-order valence-corrected chi connectivity index (χ4v) is 3.60. The Morgan fingerprint density at radius 3 is 2.82 bits per heavy atom. The fraction of sp³-hybridized carbons (Fsp3) is 0.217. The van der Waals surface area contributed by atoms with Crippen LogP contribution in [-0.2, 0) is 19.5 Å². The van der Waals surface area contributed by atoms with E-state index in [9.17, 15) is 4.79 Å². The molecule has 1 aromatic heterocycles. The van der Waals surface area contributed by atoms with Crippen molar-refractivity contribution in [2.45, 2.75) is 19.5 Å². The van der Waals surface area contributed by atoms with Crippen LogP contribution in [0.5, 0.6) is 5.75 Å². The number of ether oxygens (including phenoxy) is 1. The molecule has 28 heavy (non-hydrogen) atoms. The first kappa shape index (κ1) is 18.2. The Bertz CT molecular complexity index is 973. The second-order valence-corrected chi connectivity index (χ2v) is 6.96. The lowest BCUT2D eigenvalue weighted by Crippen LogP contribution is -2.31. The van der Waals surface area contributed by atoms with Crippen molar-refractivity contribution in [1.29, 1.82) is 0 Å². The van der Waals surface area contributed by atoms with Crippen molar-refractivity contribution < 1.29 is 9.53 Å². The third-order valence-corrected chi connectivity index (χ3v) is 5.05. The standard InChI is InChI=1S/C23H23N3O2/c1-28-20-9-5-8-18(12-20)23(27)25-22-14-24-13-19-16-26(11-10-21(19)22)15-17-6-3-2-4-7-17/h2-9,12-14H,10-11,15-16H2,1H3,(H,25,27). The number of carbonyl (C=O) groups excluding carboxylic acids is 1. The minimum absolute atomic E-state index is 0.152. The van der Waals surface area contributed by atoms with Gasteiger partial charge in [0, 0.05) is 31.4 Å². The second-order valence-electron chi connectivity index (χ2n) is 6.96. The van der Waals surface area contributed by atoms with E-state index in [1.54, 1.807) is 25.4 Å². The Balaban J connectivity index is 1.49. The number of carbonyl (C=O) groups is 1. The number of anilines is 1. The van der Waals surface area contributed by atoms with Crippen LogP contribution in [0.1, 0.15) is 27.0 Å². The van der Waals surface area contributed by atoms with Gasteiger partial charge in [-0.05, 0) is 41.3 Å². The molecule has 0 atom stereocenters. The zero-order valence-corrected chi connectivity index (χ0v) is 15.9. The van der Waals surface area contributed by atoms with Gasteiger partial charge in [0.1, 0.15) is 5.75 Å². The molecule has 4 rings (SSSR count). The van der Waals surface area contributed by atoms with Crippen molar-refractivity contribution in [3.63, 3.8) is 0 Å². The average molecular weight is 373 g/mol. The molecule has 5 heteroatoms. The van der Waals surface area contributed by atoms with Crippen molar-refractivity contribution in [3.8, 4) is 5.75 Å². The fourth-order valence-electron chi connectivity index (χ4n) is 3.60. The number of hydrogen-bond donors (Lipinski definition) is 1. The highest BCUT2D eigenvalue weighted by molar-refractivity contribution is 6.04. The first-order valence-electron chi connectivity index (χ1n) is 9.40. The summed E-state index contributed by atoms with van der Waals surface area (Å²) in [4.78, 5) is 19.4. The lowest BCUT2D eigenvalue weighted by molar-refractivity contribution is 0.102. The largest absolute Gasteiger partial charge is 0.497 e. The van der Waals surface area contributed by atoms with Crippen LogP contribution in [0.25, 0.3) is 0 Å². The Hall–Kier alpha value is -3.18. The van der Waals surface area contributed by atoms with E-state index in [0.717, 1.165) is 31.7 Å². The molecule has 142 valence electrons. The van der Waals surface area contributed by atoms with Crippen molar-refractivity contribution >= 4 is 11.6 Å². The summed E-state index contributed by atoms with van der Waals surface area (Å²) < 4.78 is 5.21. The topological polar surface area (TPSA) is 54.5 Å². The number of rotatable bonds is 5. The Morgan fingerprint density at radius 1 is 1.14 bits per heavy atom. The van der Waals surface area contributed by atoms with Crippen LogP contribution in [0.4, 0.5) is 5.69 Å². The Morgan fingerprint density at radius 2 is 2.00 bits per heavy atom. The summed E-state index contributed by atoms with van der Waals surface area (Å²) in [6.07, 6.45) is 4.54. The van der Waals surface area contributed by atoms with Crippen molar-refractivity contribution in [2.24, 2.45) is 0 Å². The van der Waals surface area contributed by atoms with Gasteiger partial charge in [0.15, 0.2) is 0 Å². The van der Waals surface area contributed by atoms with Gasteiger partial charge in [0.2, 0.25) is 0 Å². The highest BCUT2D eigenvalue weighted by atomic mass is 16.5. The van der Waals surface area contributed by atoms with E-state index in [1.807, 2.05) is 24.4 Å². The highest BCUT2D eigenvalue weighted by Gasteiger charge is 2.20.